The van der Waals surface area contributed by atoms with Crippen molar-refractivity contribution in [1.29, 1.82) is 0 Å². The zero-order valence-electron chi connectivity index (χ0n) is 6.84. The molecule has 0 aliphatic carbocycles. The van der Waals surface area contributed by atoms with Crippen LogP contribution in [0.2, 0.25) is 0 Å². The molecule has 0 aromatic rings. The number of hydrogen-bond donors (Lipinski definition) is 0. The summed E-state index contributed by atoms with van der Waals surface area (Å²) in [6.07, 6.45) is 0. The molecule has 0 amide bonds. The zero-order chi connectivity index (χ0) is 8.78. The van der Waals surface area contributed by atoms with Gasteiger partial charge in [0.25, 0.3) is 0 Å². The van der Waals surface area contributed by atoms with Crippen LogP contribution in [0, 0.1) is 10.8 Å². The van der Waals surface area contributed by atoms with E-state index in [0.29, 0.717) is 6.00 Å². The van der Waals surface area contributed by atoms with Crippen LogP contribution in [-0.2, 0) is 27.3 Å². The Morgan fingerprint density at radius 3 is 1.27 bits per heavy atom. The van der Waals surface area contributed by atoms with E-state index >= 15 is 0 Å². The topological polar surface area (TPSA) is 69.2 Å². The molecule has 0 rings (SSSR count). The first-order valence-electron chi connectivity index (χ1n) is 2.39. The second-order valence-corrected chi connectivity index (χ2v) is 3.22. The number of halogens is 2. The average Bonchev–Trinajstić information content (AvgIpc) is 1.63. The summed E-state index contributed by atoms with van der Waals surface area (Å²) in [5.74, 6) is 0. The fraction of sp³-hybridized carbons (Fsp3) is 1.00. The van der Waals surface area contributed by atoms with Crippen LogP contribution in [0.4, 0.5) is 0 Å². The van der Waals surface area contributed by atoms with E-state index in [1.165, 1.54) is 0 Å². The molecule has 0 fully saturated rings. The SMILES string of the molecule is C[N+](C)(C)CCl.[Cd].[O-][Cl+2]([O-])[O-]. The van der Waals surface area contributed by atoms with Crippen LogP contribution in [0.25, 0.3) is 0 Å². The molecule has 0 bridgehead atoms. The van der Waals surface area contributed by atoms with Gasteiger partial charge in [-0.25, -0.2) is 0 Å². The van der Waals surface area contributed by atoms with Crippen molar-refractivity contribution in [1.82, 2.24) is 0 Å². The van der Waals surface area contributed by atoms with Crippen LogP contribution in [0.15, 0.2) is 0 Å². The number of hydrogen-bond acceptors (Lipinski definition) is 3. The third kappa shape index (κ3) is 52.5. The Morgan fingerprint density at radius 1 is 1.18 bits per heavy atom. The minimum atomic E-state index is -2.85. The van der Waals surface area contributed by atoms with Crippen molar-refractivity contribution < 1.29 is 56.5 Å². The van der Waals surface area contributed by atoms with Crippen molar-refractivity contribution in [2.45, 2.75) is 0 Å². The third-order valence-corrected chi connectivity index (χ3v) is 1.08. The molecule has 0 saturated heterocycles. The van der Waals surface area contributed by atoms with E-state index in [2.05, 4.69) is 0 Å². The van der Waals surface area contributed by atoms with Crippen LogP contribution in [0.5, 0.6) is 0 Å². The van der Waals surface area contributed by atoms with Gasteiger partial charge >= 0.3 is 0 Å². The fourth-order valence-corrected chi connectivity index (χ4v) is 0. The summed E-state index contributed by atoms with van der Waals surface area (Å²) in [5, 5.41) is 0. The van der Waals surface area contributed by atoms with E-state index in [1.807, 2.05) is 21.1 Å². The Morgan fingerprint density at radius 2 is 1.27 bits per heavy atom. The van der Waals surface area contributed by atoms with E-state index in [4.69, 9.17) is 25.6 Å². The van der Waals surface area contributed by atoms with Gasteiger partial charge in [0, 0.05) is 27.3 Å². The largest absolute Gasteiger partial charge is 0.357 e. The quantitative estimate of drug-likeness (QED) is 0.229. The molecule has 0 aliphatic heterocycles. The first-order chi connectivity index (χ1) is 4.29. The molecule has 0 atom stereocenters. The minimum absolute atomic E-state index is 0. The van der Waals surface area contributed by atoms with Crippen LogP contribution in [-0.4, -0.2) is 31.6 Å². The molecule has 0 saturated carbocycles. The summed E-state index contributed by atoms with van der Waals surface area (Å²) in [4.78, 5) is 0. The maximum atomic E-state index is 8.41. The van der Waals surface area contributed by atoms with Gasteiger partial charge in [-0.3, -0.25) is 0 Å². The normalized spacial score (nSPS) is 9.82. The Balaban J connectivity index is -0.000000114. The van der Waals surface area contributed by atoms with Crippen LogP contribution >= 0.6 is 11.6 Å². The molecule has 0 spiro atoms. The second kappa shape index (κ2) is 9.43. The predicted molar refractivity (Wildman–Crippen MR) is 28.8 cm³/mol. The van der Waals surface area contributed by atoms with Crippen LogP contribution in [0.3, 0.4) is 0 Å². The Labute approximate surface area is 94.9 Å². The molecule has 0 aromatic heterocycles. The molecule has 0 radical (unpaired) electrons. The van der Waals surface area contributed by atoms with Gasteiger partial charge in [0.1, 0.15) is 0 Å². The van der Waals surface area contributed by atoms with Crippen molar-refractivity contribution in [3.05, 3.63) is 0 Å². The second-order valence-electron chi connectivity index (χ2n) is 2.60. The van der Waals surface area contributed by atoms with Gasteiger partial charge in [-0.1, -0.05) is 11.6 Å². The third-order valence-electron chi connectivity index (χ3n) is 0.359. The van der Waals surface area contributed by atoms with Gasteiger partial charge in [-0.15, -0.1) is 0 Å². The van der Waals surface area contributed by atoms with Gasteiger partial charge in [-0.05, 0) is 0 Å². The number of quaternary nitrogens is 1. The van der Waals surface area contributed by atoms with E-state index in [1.54, 1.807) is 0 Å². The Kier molecular flexibility index (Phi) is 15.6. The molecule has 0 unspecified atom stereocenters. The first-order valence-corrected chi connectivity index (χ1v) is 3.85. The average molecular weight is 304 g/mol. The standard InChI is InChI=1S/C4H11ClN.Cd.ClO3/c1-6(2,3)4-5;;2-1(3)4/h4H2,1-3H3;;/q+1;;-1. The molecule has 7 heteroatoms. The number of alkyl halides is 1. The molecule has 66 valence electrons. The summed E-state index contributed by atoms with van der Waals surface area (Å²) in [5.41, 5.74) is 0. The molecule has 11 heavy (non-hydrogen) atoms. The van der Waals surface area contributed by atoms with Gasteiger partial charge in [-0.2, -0.15) is 0 Å². The van der Waals surface area contributed by atoms with E-state index < -0.39 is 10.8 Å². The monoisotopic (exact) mass is 305 g/mol. The fourth-order valence-electron chi connectivity index (χ4n) is 0. The smallest absolute Gasteiger partial charge is 0.154 e. The van der Waals surface area contributed by atoms with E-state index in [9.17, 15) is 0 Å². The minimum Gasteiger partial charge on any atom is -0.357 e. The summed E-state index contributed by atoms with van der Waals surface area (Å²) < 4.78 is 26.1. The van der Waals surface area contributed by atoms with E-state index in [-0.39, 0.29) is 27.3 Å². The number of nitrogens with zero attached hydrogens (tertiary/aromatic N) is 1. The van der Waals surface area contributed by atoms with Crippen molar-refractivity contribution >= 4 is 11.6 Å². The molecular formula is C4H11CdCl2NO3. The summed E-state index contributed by atoms with van der Waals surface area (Å²) >= 11 is 5.45. The maximum absolute atomic E-state index is 8.41. The number of rotatable bonds is 1. The van der Waals surface area contributed by atoms with Crippen LogP contribution < -0.4 is 14.0 Å². The van der Waals surface area contributed by atoms with E-state index in [0.717, 1.165) is 4.48 Å². The maximum Gasteiger partial charge on any atom is 0.154 e. The molecule has 4 nitrogen and oxygen atoms in total. The summed E-state index contributed by atoms with van der Waals surface area (Å²) in [7, 11) is 3.29. The first kappa shape index (κ1) is 18.2. The zero-order valence-corrected chi connectivity index (χ0v) is 12.4. The predicted octanol–water partition coefficient (Wildman–Crippen LogP) is -2.68. The molecule has 0 aliphatic rings. The molecular weight excluding hydrogens is 293 g/mol. The molecule has 0 heterocycles. The summed E-state index contributed by atoms with van der Waals surface area (Å²) in [6.45, 7) is 0. The Hall–Kier alpha value is 1.34. The van der Waals surface area contributed by atoms with Crippen molar-refractivity contribution in [2.75, 3.05) is 27.1 Å². The van der Waals surface area contributed by atoms with Crippen molar-refractivity contribution in [3.63, 3.8) is 0 Å². The van der Waals surface area contributed by atoms with Crippen LogP contribution in [0.1, 0.15) is 0 Å². The van der Waals surface area contributed by atoms with Gasteiger partial charge in [0.05, 0.1) is 31.9 Å². The molecule has 0 aromatic carbocycles. The van der Waals surface area contributed by atoms with Crippen molar-refractivity contribution in [2.24, 2.45) is 0 Å². The molecule has 0 N–H and O–H groups in total. The van der Waals surface area contributed by atoms with Gasteiger partial charge < -0.3 is 18.5 Å². The van der Waals surface area contributed by atoms with Gasteiger partial charge in [0.2, 0.25) is 0 Å². The van der Waals surface area contributed by atoms with Gasteiger partial charge in [0.15, 0.2) is 6.00 Å². The summed E-state index contributed by atoms with van der Waals surface area (Å²) in [6, 6.07) is 0.681. The van der Waals surface area contributed by atoms with Crippen molar-refractivity contribution in [3.8, 4) is 0 Å². The Bertz CT molecular complexity index is 75.5.